The van der Waals surface area contributed by atoms with Gasteiger partial charge in [-0.05, 0) is 41.8 Å². The number of hydrogen-bond acceptors (Lipinski definition) is 5. The van der Waals surface area contributed by atoms with Crippen LogP contribution in [0, 0.1) is 5.82 Å². The van der Waals surface area contributed by atoms with Gasteiger partial charge in [0.15, 0.2) is 0 Å². The highest BCUT2D eigenvalue weighted by atomic mass is 19.1. The molecule has 0 unspecified atom stereocenters. The Hall–Kier alpha value is -3.28. The number of rotatable bonds is 2. The van der Waals surface area contributed by atoms with Crippen molar-refractivity contribution < 1.29 is 8.91 Å². The fourth-order valence-corrected chi connectivity index (χ4v) is 3.49. The molecular weight excluding hydrogens is 331 g/mol. The zero-order valence-corrected chi connectivity index (χ0v) is 13.9. The maximum Gasteiger partial charge on any atom is 0.263 e. The molecule has 0 spiro atoms. The van der Waals surface area contributed by atoms with Gasteiger partial charge in [0.1, 0.15) is 29.0 Å². The quantitative estimate of drug-likeness (QED) is 0.549. The topological polar surface area (TPSA) is 55.1 Å². The minimum absolute atomic E-state index is 0.286. The number of halogens is 1. The van der Waals surface area contributed by atoms with Crippen LogP contribution in [0.3, 0.4) is 0 Å². The van der Waals surface area contributed by atoms with Crippen LogP contribution >= 0.6 is 0 Å². The van der Waals surface area contributed by atoms with E-state index >= 15 is 0 Å². The van der Waals surface area contributed by atoms with E-state index in [1.54, 1.807) is 12.1 Å². The third-order valence-corrected chi connectivity index (χ3v) is 4.80. The van der Waals surface area contributed by atoms with E-state index in [0.717, 1.165) is 36.3 Å². The molecule has 0 atom stereocenters. The number of nitrogens with zero attached hydrogens (tertiary/aromatic N) is 4. The van der Waals surface area contributed by atoms with Gasteiger partial charge in [0.25, 0.3) is 5.71 Å². The lowest BCUT2D eigenvalue weighted by molar-refractivity contribution is 0.451. The molecule has 1 aliphatic heterocycles. The van der Waals surface area contributed by atoms with Crippen molar-refractivity contribution >= 4 is 16.9 Å². The molecule has 0 saturated carbocycles. The Labute approximate surface area is 149 Å². The molecule has 0 aliphatic carbocycles. The number of fused-ring (bicyclic) bond motifs is 2. The van der Waals surface area contributed by atoms with E-state index in [1.807, 2.05) is 0 Å². The molecule has 4 aromatic rings. The van der Waals surface area contributed by atoms with Crippen molar-refractivity contribution in [3.8, 4) is 11.3 Å². The lowest BCUT2D eigenvalue weighted by Gasteiger charge is -2.30. The van der Waals surface area contributed by atoms with Gasteiger partial charge in [0.2, 0.25) is 0 Å². The molecular formula is C20H15FN4O. The predicted molar refractivity (Wildman–Crippen MR) is 96.2 cm³/mol. The van der Waals surface area contributed by atoms with Gasteiger partial charge in [0.05, 0.1) is 0 Å². The summed E-state index contributed by atoms with van der Waals surface area (Å²) in [4.78, 5) is 10.9. The third-order valence-electron chi connectivity index (χ3n) is 4.80. The lowest BCUT2D eigenvalue weighted by Crippen LogP contribution is -2.31. The number of aromatic nitrogens is 3. The Morgan fingerprint density at radius 1 is 0.962 bits per heavy atom. The molecule has 0 fully saturated rings. The summed E-state index contributed by atoms with van der Waals surface area (Å²) in [6, 6.07) is 14.7. The first-order chi connectivity index (χ1) is 12.8. The summed E-state index contributed by atoms with van der Waals surface area (Å²) in [6.45, 7) is 1.63. The molecule has 2 aromatic carbocycles. The molecule has 128 valence electrons. The van der Waals surface area contributed by atoms with Crippen LogP contribution in [0.25, 0.3) is 22.4 Å². The summed E-state index contributed by atoms with van der Waals surface area (Å²) < 4.78 is 18.7. The van der Waals surface area contributed by atoms with Crippen LogP contribution in [0.1, 0.15) is 11.1 Å². The minimum Gasteiger partial charge on any atom is -0.351 e. The standard InChI is InChI=1S/C20H15FN4O/c21-16-7-5-14(6-8-16)18-17-19(22-12-23-20(17)26-24-18)25-10-9-13-3-1-2-4-15(13)11-25/h1-8,12H,9-11H2. The molecule has 2 aromatic heterocycles. The average Bonchev–Trinajstić information content (AvgIpc) is 3.12. The Morgan fingerprint density at radius 3 is 2.62 bits per heavy atom. The zero-order chi connectivity index (χ0) is 17.5. The molecule has 3 heterocycles. The predicted octanol–water partition coefficient (Wildman–Crippen LogP) is 3.99. The van der Waals surface area contributed by atoms with Gasteiger partial charge < -0.3 is 9.42 Å². The van der Waals surface area contributed by atoms with Crippen LogP contribution in [0.5, 0.6) is 0 Å². The fourth-order valence-electron chi connectivity index (χ4n) is 3.49. The monoisotopic (exact) mass is 346 g/mol. The van der Waals surface area contributed by atoms with E-state index in [9.17, 15) is 4.39 Å². The Kier molecular flexibility index (Phi) is 3.41. The highest BCUT2D eigenvalue weighted by molar-refractivity contribution is 5.97. The number of benzene rings is 2. The molecule has 1 aliphatic rings. The van der Waals surface area contributed by atoms with Gasteiger partial charge in [0, 0.05) is 18.7 Å². The van der Waals surface area contributed by atoms with Crippen LogP contribution in [0.4, 0.5) is 10.2 Å². The molecule has 0 amide bonds. The van der Waals surface area contributed by atoms with Gasteiger partial charge >= 0.3 is 0 Å². The first-order valence-corrected chi connectivity index (χ1v) is 8.47. The second-order valence-corrected chi connectivity index (χ2v) is 6.36. The first kappa shape index (κ1) is 15.0. The summed E-state index contributed by atoms with van der Waals surface area (Å²) in [5.74, 6) is 0.510. The highest BCUT2D eigenvalue weighted by Crippen LogP contribution is 2.35. The second-order valence-electron chi connectivity index (χ2n) is 6.36. The van der Waals surface area contributed by atoms with E-state index in [2.05, 4.69) is 44.3 Å². The third kappa shape index (κ3) is 2.42. The molecule has 5 rings (SSSR count). The molecule has 0 bridgehead atoms. The lowest BCUT2D eigenvalue weighted by atomic mass is 9.99. The summed E-state index contributed by atoms with van der Waals surface area (Å²) >= 11 is 0. The zero-order valence-electron chi connectivity index (χ0n) is 13.9. The maximum atomic E-state index is 13.3. The van der Waals surface area contributed by atoms with Crippen molar-refractivity contribution in [2.45, 2.75) is 13.0 Å². The van der Waals surface area contributed by atoms with Crippen molar-refractivity contribution in [3.05, 3.63) is 71.8 Å². The Bertz CT molecular complexity index is 1090. The molecule has 0 saturated heterocycles. The van der Waals surface area contributed by atoms with E-state index in [-0.39, 0.29) is 5.82 Å². The van der Waals surface area contributed by atoms with Crippen molar-refractivity contribution in [2.75, 3.05) is 11.4 Å². The van der Waals surface area contributed by atoms with Crippen molar-refractivity contribution in [1.82, 2.24) is 15.1 Å². The first-order valence-electron chi connectivity index (χ1n) is 8.47. The largest absolute Gasteiger partial charge is 0.351 e. The van der Waals surface area contributed by atoms with Gasteiger partial charge in [-0.25, -0.2) is 9.37 Å². The summed E-state index contributed by atoms with van der Waals surface area (Å²) in [5, 5.41) is 4.93. The highest BCUT2D eigenvalue weighted by Gasteiger charge is 2.23. The van der Waals surface area contributed by atoms with Crippen molar-refractivity contribution in [1.29, 1.82) is 0 Å². The number of hydrogen-bond donors (Lipinski definition) is 0. The molecule has 6 heteroatoms. The molecule has 0 N–H and O–H groups in total. The smallest absolute Gasteiger partial charge is 0.263 e. The summed E-state index contributed by atoms with van der Waals surface area (Å²) in [7, 11) is 0. The van der Waals surface area contributed by atoms with E-state index in [4.69, 9.17) is 4.52 Å². The van der Waals surface area contributed by atoms with Crippen molar-refractivity contribution in [2.24, 2.45) is 0 Å². The molecule has 0 radical (unpaired) electrons. The average molecular weight is 346 g/mol. The maximum absolute atomic E-state index is 13.3. The van der Waals surface area contributed by atoms with Gasteiger partial charge in [-0.1, -0.05) is 29.4 Å². The van der Waals surface area contributed by atoms with Gasteiger partial charge in [-0.2, -0.15) is 4.98 Å². The second kappa shape index (κ2) is 5.91. The van der Waals surface area contributed by atoms with E-state index in [1.165, 1.54) is 29.6 Å². The summed E-state index contributed by atoms with van der Waals surface area (Å²) in [5.41, 5.74) is 4.52. The van der Waals surface area contributed by atoms with Gasteiger partial charge in [-0.15, -0.1) is 0 Å². The van der Waals surface area contributed by atoms with Crippen LogP contribution in [-0.4, -0.2) is 21.7 Å². The molecule has 26 heavy (non-hydrogen) atoms. The summed E-state index contributed by atoms with van der Waals surface area (Å²) in [6.07, 6.45) is 2.45. The van der Waals surface area contributed by atoms with Crippen LogP contribution in [0.15, 0.2) is 59.4 Å². The minimum atomic E-state index is -0.286. The van der Waals surface area contributed by atoms with Crippen LogP contribution in [-0.2, 0) is 13.0 Å². The van der Waals surface area contributed by atoms with Crippen LogP contribution in [0.2, 0.25) is 0 Å². The Morgan fingerprint density at radius 2 is 1.77 bits per heavy atom. The Balaban J connectivity index is 1.63. The SMILES string of the molecule is Fc1ccc(-c2noc3ncnc(N4CCc5ccccc5C4)c23)cc1. The van der Waals surface area contributed by atoms with Gasteiger partial charge in [-0.3, -0.25) is 0 Å². The molecule has 5 nitrogen and oxygen atoms in total. The van der Waals surface area contributed by atoms with Crippen LogP contribution < -0.4 is 4.90 Å². The van der Waals surface area contributed by atoms with E-state index in [0.29, 0.717) is 11.4 Å². The van der Waals surface area contributed by atoms with E-state index < -0.39 is 0 Å². The number of anilines is 1. The van der Waals surface area contributed by atoms with Crippen molar-refractivity contribution in [3.63, 3.8) is 0 Å². The fraction of sp³-hybridized carbons (Fsp3) is 0.150. The normalized spacial score (nSPS) is 13.8.